The summed E-state index contributed by atoms with van der Waals surface area (Å²) in [6.45, 7) is 0.535. The number of hydrogen-bond acceptors (Lipinski definition) is 1. The summed E-state index contributed by atoms with van der Waals surface area (Å²) in [6, 6.07) is 6.66. The van der Waals surface area contributed by atoms with Crippen LogP contribution in [0.4, 0.5) is 4.39 Å². The van der Waals surface area contributed by atoms with Gasteiger partial charge in [0.2, 0.25) is 0 Å². The molecule has 0 heterocycles. The van der Waals surface area contributed by atoms with Crippen LogP contribution in [0.2, 0.25) is 0 Å². The lowest BCUT2D eigenvalue weighted by Gasteiger charge is -2.00. The first kappa shape index (κ1) is 9.49. The summed E-state index contributed by atoms with van der Waals surface area (Å²) < 4.78 is 17.5. The fourth-order valence-electron chi connectivity index (χ4n) is 0.937. The van der Waals surface area contributed by atoms with E-state index in [9.17, 15) is 4.39 Å². The van der Waals surface area contributed by atoms with Crippen molar-refractivity contribution in [2.24, 2.45) is 0 Å². The topological polar surface area (TPSA) is 9.23 Å². The summed E-state index contributed by atoms with van der Waals surface area (Å²) in [5.41, 5.74) is 0.931. The van der Waals surface area contributed by atoms with E-state index < -0.39 is 0 Å². The minimum atomic E-state index is -0.210. The molecule has 66 valence electrons. The van der Waals surface area contributed by atoms with Crippen molar-refractivity contribution in [3.8, 4) is 0 Å². The van der Waals surface area contributed by atoms with Gasteiger partial charge in [-0.05, 0) is 24.1 Å². The molecule has 0 unspecified atom stereocenters. The fraction of sp³-hybridized carbons (Fsp3) is 0.333. The third-order valence-electron chi connectivity index (χ3n) is 1.50. The molecule has 0 saturated carbocycles. The average Bonchev–Trinajstić information content (AvgIpc) is 2.05. The molecule has 0 spiro atoms. The summed E-state index contributed by atoms with van der Waals surface area (Å²) in [5, 5.41) is 0. The minimum absolute atomic E-state index is 0.190. The van der Waals surface area contributed by atoms with Crippen molar-refractivity contribution < 1.29 is 9.13 Å². The molecule has 0 aliphatic carbocycles. The first-order valence-corrected chi connectivity index (χ1v) is 4.24. The van der Waals surface area contributed by atoms with E-state index in [0.29, 0.717) is 13.0 Å². The van der Waals surface area contributed by atoms with Crippen molar-refractivity contribution in [2.45, 2.75) is 6.42 Å². The molecule has 12 heavy (non-hydrogen) atoms. The second-order valence-corrected chi connectivity index (χ2v) is 2.62. The molecule has 0 aromatic heterocycles. The fourth-order valence-corrected chi connectivity index (χ4v) is 1.05. The Morgan fingerprint density at radius 1 is 1.42 bits per heavy atom. The van der Waals surface area contributed by atoms with Gasteiger partial charge in [-0.1, -0.05) is 23.7 Å². The molecule has 1 rings (SSSR count). The largest absolute Gasteiger partial charge is 0.365 e. The van der Waals surface area contributed by atoms with Crippen LogP contribution in [0.25, 0.3) is 0 Å². The summed E-state index contributed by atoms with van der Waals surface area (Å²) in [6.07, 6.45) is 0.699. The Balaban J connectivity index is 2.41. The molecule has 1 aromatic rings. The maximum absolute atomic E-state index is 12.6. The van der Waals surface area contributed by atoms with Gasteiger partial charge in [0.05, 0.1) is 6.61 Å². The number of ether oxygens (including phenoxy) is 1. The van der Waals surface area contributed by atoms with Crippen molar-refractivity contribution >= 4 is 11.6 Å². The van der Waals surface area contributed by atoms with Gasteiger partial charge < -0.3 is 4.74 Å². The van der Waals surface area contributed by atoms with E-state index in [0.717, 1.165) is 5.56 Å². The monoisotopic (exact) mass is 188 g/mol. The Bertz CT molecular complexity index is 240. The second kappa shape index (κ2) is 5.12. The third-order valence-corrected chi connectivity index (χ3v) is 1.66. The number of halogens is 2. The molecule has 1 aromatic carbocycles. The van der Waals surface area contributed by atoms with Crippen molar-refractivity contribution in [1.29, 1.82) is 0 Å². The van der Waals surface area contributed by atoms with Crippen LogP contribution in [0.3, 0.4) is 0 Å². The van der Waals surface area contributed by atoms with Crippen LogP contribution in [0.1, 0.15) is 5.56 Å². The zero-order valence-corrected chi connectivity index (χ0v) is 7.35. The van der Waals surface area contributed by atoms with Gasteiger partial charge in [-0.3, -0.25) is 0 Å². The van der Waals surface area contributed by atoms with Crippen LogP contribution < -0.4 is 0 Å². The molecule has 0 bridgehead atoms. The first-order chi connectivity index (χ1) is 5.83. The Morgan fingerprint density at radius 2 is 2.25 bits per heavy atom. The van der Waals surface area contributed by atoms with Gasteiger partial charge in [-0.25, -0.2) is 4.39 Å². The molecule has 0 radical (unpaired) electrons. The minimum Gasteiger partial charge on any atom is -0.365 e. The van der Waals surface area contributed by atoms with E-state index in [1.54, 1.807) is 6.07 Å². The highest BCUT2D eigenvalue weighted by Gasteiger charge is 1.94. The molecule has 0 N–H and O–H groups in total. The van der Waals surface area contributed by atoms with E-state index in [4.69, 9.17) is 16.3 Å². The highest BCUT2D eigenvalue weighted by Crippen LogP contribution is 2.04. The van der Waals surface area contributed by atoms with Gasteiger partial charge in [-0.15, -0.1) is 0 Å². The van der Waals surface area contributed by atoms with Gasteiger partial charge in [0, 0.05) is 0 Å². The van der Waals surface area contributed by atoms with Gasteiger partial charge in [0.1, 0.15) is 11.9 Å². The summed E-state index contributed by atoms with van der Waals surface area (Å²) >= 11 is 5.30. The molecule has 0 aliphatic heterocycles. The van der Waals surface area contributed by atoms with Gasteiger partial charge >= 0.3 is 0 Å². The van der Waals surface area contributed by atoms with Crippen molar-refractivity contribution in [2.75, 3.05) is 12.7 Å². The van der Waals surface area contributed by atoms with Crippen molar-refractivity contribution in [3.05, 3.63) is 35.6 Å². The predicted octanol–water partition coefficient (Wildman–Crippen LogP) is 2.58. The maximum Gasteiger partial charge on any atom is 0.123 e. The van der Waals surface area contributed by atoms with Crippen LogP contribution >= 0.6 is 11.6 Å². The van der Waals surface area contributed by atoms with Crippen LogP contribution in [-0.2, 0) is 11.2 Å². The molecule has 0 atom stereocenters. The average molecular weight is 189 g/mol. The van der Waals surface area contributed by atoms with Crippen LogP contribution in [0.15, 0.2) is 24.3 Å². The molecular weight excluding hydrogens is 179 g/mol. The number of hydrogen-bond donors (Lipinski definition) is 0. The lowest BCUT2D eigenvalue weighted by Crippen LogP contribution is -1.96. The molecule has 0 amide bonds. The van der Waals surface area contributed by atoms with Crippen LogP contribution in [0, 0.1) is 5.82 Å². The molecule has 3 heteroatoms. The maximum atomic E-state index is 12.6. The van der Waals surface area contributed by atoms with Gasteiger partial charge in [0.15, 0.2) is 0 Å². The first-order valence-electron chi connectivity index (χ1n) is 3.71. The molecule has 0 fully saturated rings. The smallest absolute Gasteiger partial charge is 0.123 e. The summed E-state index contributed by atoms with van der Waals surface area (Å²) in [4.78, 5) is 0. The second-order valence-electron chi connectivity index (χ2n) is 2.40. The Morgan fingerprint density at radius 3 is 2.92 bits per heavy atom. The number of rotatable bonds is 4. The normalized spacial score (nSPS) is 10.2. The summed E-state index contributed by atoms with van der Waals surface area (Å²) in [5.74, 6) is -0.210. The predicted molar refractivity (Wildman–Crippen MR) is 46.8 cm³/mol. The Hall–Kier alpha value is -0.600. The van der Waals surface area contributed by atoms with Gasteiger partial charge in [-0.2, -0.15) is 0 Å². The molecule has 1 nitrogen and oxygen atoms in total. The van der Waals surface area contributed by atoms with E-state index in [1.165, 1.54) is 12.1 Å². The van der Waals surface area contributed by atoms with Gasteiger partial charge in [0.25, 0.3) is 0 Å². The van der Waals surface area contributed by atoms with E-state index in [2.05, 4.69) is 0 Å². The standard InChI is InChI=1S/C9H10ClFO/c10-7-12-5-4-8-2-1-3-9(11)6-8/h1-3,6H,4-5,7H2. The molecular formula is C9H10ClFO. The number of alkyl halides is 1. The highest BCUT2D eigenvalue weighted by molar-refractivity contribution is 6.17. The quantitative estimate of drug-likeness (QED) is 0.521. The molecule has 0 aliphatic rings. The Labute approximate surface area is 76.1 Å². The third kappa shape index (κ3) is 3.20. The van der Waals surface area contributed by atoms with E-state index >= 15 is 0 Å². The van der Waals surface area contributed by atoms with Crippen LogP contribution in [-0.4, -0.2) is 12.7 Å². The molecule has 0 saturated heterocycles. The lowest BCUT2D eigenvalue weighted by molar-refractivity contribution is 0.182. The number of benzene rings is 1. The van der Waals surface area contributed by atoms with E-state index in [-0.39, 0.29) is 11.9 Å². The lowest BCUT2D eigenvalue weighted by atomic mass is 10.2. The zero-order chi connectivity index (χ0) is 8.81. The highest BCUT2D eigenvalue weighted by atomic mass is 35.5. The van der Waals surface area contributed by atoms with Crippen molar-refractivity contribution in [1.82, 2.24) is 0 Å². The van der Waals surface area contributed by atoms with E-state index in [1.807, 2.05) is 6.07 Å². The SMILES string of the molecule is Fc1cccc(CCOCCl)c1. The zero-order valence-electron chi connectivity index (χ0n) is 6.59. The van der Waals surface area contributed by atoms with Crippen molar-refractivity contribution in [3.63, 3.8) is 0 Å². The Kier molecular flexibility index (Phi) is 4.05. The summed E-state index contributed by atoms with van der Waals surface area (Å²) in [7, 11) is 0. The van der Waals surface area contributed by atoms with Crippen LogP contribution in [0.5, 0.6) is 0 Å².